The molecule has 2 amide bonds. The maximum atomic E-state index is 13.6. The second kappa shape index (κ2) is 9.87. The first-order chi connectivity index (χ1) is 11.8. The average molecular weight is 381 g/mol. The van der Waals surface area contributed by atoms with E-state index in [-0.39, 0.29) is 23.8 Å². The zero-order valence-electron chi connectivity index (χ0n) is 13.0. The third-order valence-electron chi connectivity index (χ3n) is 3.50. The number of halogens is 4. The Hall–Kier alpha value is -2.29. The second-order valence-electron chi connectivity index (χ2n) is 5.08. The quantitative estimate of drug-likeness (QED) is 0.772. The van der Waals surface area contributed by atoms with Gasteiger partial charge in [-0.25, -0.2) is 13.2 Å². The van der Waals surface area contributed by atoms with Crippen molar-refractivity contribution in [2.45, 2.75) is 12.8 Å². The summed E-state index contributed by atoms with van der Waals surface area (Å²) in [4.78, 5) is 35.9. The van der Waals surface area contributed by atoms with Gasteiger partial charge in [0.25, 0.3) is 0 Å². The van der Waals surface area contributed by atoms with E-state index >= 15 is 0 Å². The Bertz CT molecular complexity index is 637. The molecule has 0 saturated carbocycles. The summed E-state index contributed by atoms with van der Waals surface area (Å²) in [5, 5.41) is 11.3. The molecule has 0 aromatic heterocycles. The molecule has 10 heteroatoms. The molecular weight excluding hydrogens is 365 g/mol. The van der Waals surface area contributed by atoms with Crippen LogP contribution in [-0.2, 0) is 14.4 Å². The van der Waals surface area contributed by atoms with E-state index in [4.69, 9.17) is 16.7 Å². The molecule has 0 unspecified atom stereocenters. The molecule has 1 saturated heterocycles. The van der Waals surface area contributed by atoms with Gasteiger partial charge >= 0.3 is 17.8 Å². The lowest BCUT2D eigenvalue weighted by atomic mass is 9.97. The van der Waals surface area contributed by atoms with Crippen LogP contribution in [0.3, 0.4) is 0 Å². The average Bonchev–Trinajstić information content (AvgIpc) is 2.57. The van der Waals surface area contributed by atoms with Crippen molar-refractivity contribution >= 4 is 35.1 Å². The van der Waals surface area contributed by atoms with E-state index < -0.39 is 36.4 Å². The Labute approximate surface area is 146 Å². The van der Waals surface area contributed by atoms with Crippen molar-refractivity contribution in [3.8, 4) is 0 Å². The van der Waals surface area contributed by atoms with E-state index in [1.54, 1.807) is 0 Å². The van der Waals surface area contributed by atoms with Gasteiger partial charge in [0.2, 0.25) is 6.93 Å². The van der Waals surface area contributed by atoms with E-state index in [2.05, 4.69) is 5.32 Å². The van der Waals surface area contributed by atoms with Crippen LogP contribution in [0.25, 0.3) is 0 Å². The molecule has 1 aromatic rings. The molecule has 1 fully saturated rings. The van der Waals surface area contributed by atoms with Gasteiger partial charge in [-0.15, -0.1) is 0 Å². The fraction of sp³-hybridized carbons (Fsp3) is 0.400. The lowest BCUT2D eigenvalue weighted by molar-refractivity contribution is -0.148. The van der Waals surface area contributed by atoms with Gasteiger partial charge in [0.15, 0.2) is 0 Å². The molecule has 0 atom stereocenters. The normalized spacial score (nSPS) is 14.3. The highest BCUT2D eigenvalue weighted by Crippen LogP contribution is 2.20. The largest absolute Gasteiger partial charge is 0.481 e. The summed E-state index contributed by atoms with van der Waals surface area (Å²) in [7, 11) is 0. The van der Waals surface area contributed by atoms with Crippen LogP contribution in [-0.4, -0.2) is 47.8 Å². The Morgan fingerprint density at radius 1 is 1.24 bits per heavy atom. The van der Waals surface area contributed by atoms with Crippen LogP contribution in [0.5, 0.6) is 0 Å². The lowest BCUT2D eigenvalue weighted by Crippen LogP contribution is -2.45. The van der Waals surface area contributed by atoms with Crippen molar-refractivity contribution < 1.29 is 32.7 Å². The van der Waals surface area contributed by atoms with Gasteiger partial charge in [-0.2, -0.15) is 0 Å². The summed E-state index contributed by atoms with van der Waals surface area (Å²) in [6.45, 7) is -1.38. The standard InChI is InChI=1S/C14H14ClFN2O4.CH2F2/c15-9-1-2-11(10(16)7-9)17-12(19)13(20)18-5-3-8(4-6-18)14(21)22;2-1-3/h1-2,7-8H,3-6H2,(H,17,19)(H,21,22);1H2. The number of piperidine rings is 1. The summed E-state index contributed by atoms with van der Waals surface area (Å²) in [6, 6.07) is 3.68. The summed E-state index contributed by atoms with van der Waals surface area (Å²) >= 11 is 5.60. The molecule has 2 rings (SSSR count). The van der Waals surface area contributed by atoms with E-state index in [9.17, 15) is 27.6 Å². The predicted octanol–water partition coefficient (Wildman–Crippen LogP) is 2.62. The molecule has 0 spiro atoms. The molecule has 6 nitrogen and oxygen atoms in total. The number of likely N-dealkylation sites (tertiary alicyclic amines) is 1. The number of nitrogens with one attached hydrogen (secondary N) is 1. The van der Waals surface area contributed by atoms with Gasteiger partial charge in [-0.1, -0.05) is 11.6 Å². The maximum absolute atomic E-state index is 13.6. The number of carboxylic acids is 1. The van der Waals surface area contributed by atoms with Gasteiger partial charge < -0.3 is 15.3 Å². The first-order valence-corrected chi connectivity index (χ1v) is 7.58. The van der Waals surface area contributed by atoms with Crippen molar-refractivity contribution in [2.24, 2.45) is 5.92 Å². The summed E-state index contributed by atoms with van der Waals surface area (Å²) in [5.41, 5.74) is -0.136. The van der Waals surface area contributed by atoms with Crippen molar-refractivity contribution in [3.05, 3.63) is 29.0 Å². The van der Waals surface area contributed by atoms with Crippen molar-refractivity contribution in [2.75, 3.05) is 25.3 Å². The van der Waals surface area contributed by atoms with E-state index in [0.717, 1.165) is 6.07 Å². The van der Waals surface area contributed by atoms with Gasteiger partial charge in [0, 0.05) is 18.1 Å². The number of aliphatic carboxylic acids is 1. The molecular formula is C15H16ClF3N2O4. The molecule has 0 bridgehead atoms. The Morgan fingerprint density at radius 2 is 1.80 bits per heavy atom. The lowest BCUT2D eigenvalue weighted by Gasteiger charge is -2.29. The molecule has 1 aromatic carbocycles. The fourth-order valence-corrected chi connectivity index (χ4v) is 2.40. The Morgan fingerprint density at radius 3 is 2.28 bits per heavy atom. The number of carbonyl (C=O) groups is 3. The summed E-state index contributed by atoms with van der Waals surface area (Å²) < 4.78 is 32.8. The first-order valence-electron chi connectivity index (χ1n) is 7.20. The number of nitrogens with zero attached hydrogens (tertiary/aromatic N) is 1. The van der Waals surface area contributed by atoms with Crippen molar-refractivity contribution in [1.29, 1.82) is 0 Å². The van der Waals surface area contributed by atoms with Crippen LogP contribution >= 0.6 is 11.6 Å². The molecule has 0 radical (unpaired) electrons. The van der Waals surface area contributed by atoms with E-state index in [1.165, 1.54) is 17.0 Å². The van der Waals surface area contributed by atoms with Crippen molar-refractivity contribution in [3.63, 3.8) is 0 Å². The van der Waals surface area contributed by atoms with Gasteiger partial charge in [0.05, 0.1) is 11.6 Å². The van der Waals surface area contributed by atoms with E-state index in [0.29, 0.717) is 12.8 Å². The molecule has 1 heterocycles. The minimum absolute atomic E-state index is 0.136. The molecule has 2 N–H and O–H groups in total. The van der Waals surface area contributed by atoms with Crippen LogP contribution in [0.1, 0.15) is 12.8 Å². The first kappa shape index (κ1) is 20.8. The number of rotatable bonds is 2. The van der Waals surface area contributed by atoms with Gasteiger partial charge in [-0.05, 0) is 31.0 Å². The molecule has 138 valence electrons. The van der Waals surface area contributed by atoms with Gasteiger partial charge in [-0.3, -0.25) is 14.4 Å². The highest BCUT2D eigenvalue weighted by molar-refractivity contribution is 6.39. The predicted molar refractivity (Wildman–Crippen MR) is 84.1 cm³/mol. The summed E-state index contributed by atoms with van der Waals surface area (Å²) in [5.74, 6) is -3.91. The number of benzene rings is 1. The zero-order chi connectivity index (χ0) is 19.0. The number of alkyl halides is 2. The number of anilines is 1. The van der Waals surface area contributed by atoms with E-state index in [1.807, 2.05) is 0 Å². The molecule has 25 heavy (non-hydrogen) atoms. The van der Waals surface area contributed by atoms with Crippen LogP contribution in [0.2, 0.25) is 5.02 Å². The maximum Gasteiger partial charge on any atom is 0.313 e. The minimum atomic E-state index is -1.75. The van der Waals surface area contributed by atoms with Crippen LogP contribution in [0, 0.1) is 11.7 Å². The number of hydrogen-bond acceptors (Lipinski definition) is 3. The molecule has 1 aliphatic heterocycles. The van der Waals surface area contributed by atoms with Crippen molar-refractivity contribution in [1.82, 2.24) is 4.90 Å². The zero-order valence-corrected chi connectivity index (χ0v) is 13.7. The summed E-state index contributed by atoms with van der Waals surface area (Å²) in [6.07, 6.45) is 0.591. The van der Waals surface area contributed by atoms with Crippen LogP contribution < -0.4 is 5.32 Å². The fourth-order valence-electron chi connectivity index (χ4n) is 2.24. The van der Waals surface area contributed by atoms with Crippen LogP contribution in [0.15, 0.2) is 18.2 Å². The third-order valence-corrected chi connectivity index (χ3v) is 3.74. The third kappa shape index (κ3) is 6.26. The highest BCUT2D eigenvalue weighted by Gasteiger charge is 2.30. The number of carbonyl (C=O) groups excluding carboxylic acids is 2. The smallest absolute Gasteiger partial charge is 0.313 e. The second-order valence-corrected chi connectivity index (χ2v) is 5.52. The van der Waals surface area contributed by atoms with Crippen LogP contribution in [0.4, 0.5) is 18.9 Å². The number of carboxylic acid groups (broad SMARTS) is 1. The number of amides is 2. The SMILES string of the molecule is FCF.O=C(Nc1ccc(Cl)cc1F)C(=O)N1CCC(C(=O)O)CC1. The molecule has 1 aliphatic rings. The topological polar surface area (TPSA) is 86.7 Å². The number of hydrogen-bond donors (Lipinski definition) is 2. The highest BCUT2D eigenvalue weighted by atomic mass is 35.5. The monoisotopic (exact) mass is 380 g/mol. The Kier molecular flexibility index (Phi) is 8.20. The molecule has 0 aliphatic carbocycles. The van der Waals surface area contributed by atoms with Gasteiger partial charge in [0.1, 0.15) is 5.82 Å². The minimum Gasteiger partial charge on any atom is -0.481 e. The Balaban J connectivity index is 0.000000970.